The first-order valence-electron chi connectivity index (χ1n) is 5.11. The lowest BCUT2D eigenvalue weighted by Crippen LogP contribution is -2.26. The Kier molecular flexibility index (Phi) is 3.99. The third-order valence-electron chi connectivity index (χ3n) is 2.46. The van der Waals surface area contributed by atoms with E-state index in [9.17, 15) is 4.79 Å². The molecule has 5 nitrogen and oxygen atoms in total. The Hall–Kier alpha value is -1.91. The summed E-state index contributed by atoms with van der Waals surface area (Å²) in [6.07, 6.45) is 0.456. The first-order chi connectivity index (χ1) is 7.54. The Labute approximate surface area is 95.4 Å². The minimum atomic E-state index is 0.0234. The molecule has 0 saturated heterocycles. The quantitative estimate of drug-likeness (QED) is 0.645. The van der Waals surface area contributed by atoms with Crippen molar-refractivity contribution in [3.8, 4) is 0 Å². The average Bonchev–Trinajstić information content (AvgIpc) is 2.29. The largest absolute Gasteiger partial charge is 0.397 e. The van der Waals surface area contributed by atoms with E-state index in [1.165, 1.54) is 0 Å². The number of benzene rings is 1. The van der Waals surface area contributed by atoms with E-state index in [0.717, 1.165) is 5.69 Å². The molecule has 0 saturated carbocycles. The molecule has 5 heteroatoms. The lowest BCUT2D eigenvalue weighted by molar-refractivity contribution is -0.120. The molecule has 1 aromatic carbocycles. The second kappa shape index (κ2) is 5.25. The smallest absolute Gasteiger partial charge is 0.221 e. The van der Waals surface area contributed by atoms with Crippen LogP contribution in [0.25, 0.3) is 0 Å². The number of hydrogen-bond acceptors (Lipinski definition) is 4. The van der Waals surface area contributed by atoms with Gasteiger partial charge in [0, 0.05) is 32.7 Å². The molecule has 88 valence electrons. The molecule has 0 heterocycles. The lowest BCUT2D eigenvalue weighted by atomic mass is 10.2. The van der Waals surface area contributed by atoms with Gasteiger partial charge in [-0.15, -0.1) is 0 Å². The summed E-state index contributed by atoms with van der Waals surface area (Å²) in [4.78, 5) is 13.0. The van der Waals surface area contributed by atoms with Crippen LogP contribution in [0.15, 0.2) is 18.2 Å². The Morgan fingerprint density at radius 3 is 2.62 bits per heavy atom. The molecule has 1 amide bonds. The highest BCUT2D eigenvalue weighted by molar-refractivity contribution is 5.76. The summed E-state index contributed by atoms with van der Waals surface area (Å²) in [5.41, 5.74) is 13.4. The number of hydrogen-bond donors (Lipinski definition) is 3. The average molecular weight is 222 g/mol. The van der Waals surface area contributed by atoms with Crippen molar-refractivity contribution in [3.05, 3.63) is 18.2 Å². The Morgan fingerprint density at radius 1 is 1.38 bits per heavy atom. The van der Waals surface area contributed by atoms with Crippen molar-refractivity contribution < 1.29 is 4.79 Å². The van der Waals surface area contributed by atoms with Gasteiger partial charge in [-0.3, -0.25) is 4.79 Å². The molecule has 0 fully saturated rings. The van der Waals surface area contributed by atoms with Crippen LogP contribution in [-0.2, 0) is 4.79 Å². The van der Waals surface area contributed by atoms with Gasteiger partial charge < -0.3 is 21.7 Å². The molecule has 0 aliphatic heterocycles. The first kappa shape index (κ1) is 12.2. The fraction of sp³-hybridized carbons (Fsp3) is 0.364. The van der Waals surface area contributed by atoms with Crippen LogP contribution < -0.4 is 21.7 Å². The summed E-state index contributed by atoms with van der Waals surface area (Å²) in [6.45, 7) is 0.642. The Morgan fingerprint density at radius 2 is 2.06 bits per heavy atom. The maximum atomic E-state index is 11.1. The van der Waals surface area contributed by atoms with Crippen LogP contribution in [0.5, 0.6) is 0 Å². The molecular formula is C11H18N4O. The molecule has 0 aromatic heterocycles. The molecule has 0 radical (unpaired) electrons. The third kappa shape index (κ3) is 3.05. The highest BCUT2D eigenvalue weighted by Gasteiger charge is 2.05. The molecular weight excluding hydrogens is 204 g/mol. The van der Waals surface area contributed by atoms with Crippen LogP contribution in [0.4, 0.5) is 17.1 Å². The molecule has 0 aliphatic carbocycles. The van der Waals surface area contributed by atoms with Gasteiger partial charge in [-0.1, -0.05) is 0 Å². The van der Waals surface area contributed by atoms with E-state index in [2.05, 4.69) is 5.32 Å². The van der Waals surface area contributed by atoms with Gasteiger partial charge in [0.2, 0.25) is 5.91 Å². The highest BCUT2D eigenvalue weighted by atomic mass is 16.1. The predicted octanol–water partition coefficient (Wildman–Crippen LogP) is 0.423. The molecule has 0 aliphatic rings. The van der Waals surface area contributed by atoms with Gasteiger partial charge in [-0.2, -0.15) is 0 Å². The van der Waals surface area contributed by atoms with Gasteiger partial charge in [-0.25, -0.2) is 0 Å². The zero-order valence-corrected chi connectivity index (χ0v) is 9.66. The van der Waals surface area contributed by atoms with Crippen molar-refractivity contribution in [1.29, 1.82) is 0 Å². The molecule has 1 aromatic rings. The summed E-state index contributed by atoms with van der Waals surface area (Å²) in [6, 6.07) is 5.45. The number of amides is 1. The molecule has 0 atom stereocenters. The van der Waals surface area contributed by atoms with Gasteiger partial charge in [0.05, 0.1) is 11.4 Å². The standard InChI is InChI=1S/C11H18N4O/c1-14-11(16)5-6-15(2)8-3-4-9(12)10(13)7-8/h3-4,7H,5-6,12-13H2,1-2H3,(H,14,16). The summed E-state index contributed by atoms with van der Waals surface area (Å²) in [7, 11) is 3.54. The van der Waals surface area contributed by atoms with Crippen LogP contribution in [0.2, 0.25) is 0 Å². The molecule has 0 spiro atoms. The molecule has 16 heavy (non-hydrogen) atoms. The summed E-state index contributed by atoms with van der Waals surface area (Å²) in [5, 5.41) is 2.58. The van der Waals surface area contributed by atoms with Crippen molar-refractivity contribution in [3.63, 3.8) is 0 Å². The number of nitrogens with zero attached hydrogens (tertiary/aromatic N) is 1. The van der Waals surface area contributed by atoms with Gasteiger partial charge in [0.25, 0.3) is 0 Å². The topological polar surface area (TPSA) is 84.4 Å². The van der Waals surface area contributed by atoms with Crippen molar-refractivity contribution >= 4 is 23.0 Å². The van der Waals surface area contributed by atoms with Crippen LogP contribution in [-0.4, -0.2) is 26.5 Å². The number of nitrogen functional groups attached to an aromatic ring is 2. The van der Waals surface area contributed by atoms with Crippen molar-refractivity contribution in [2.45, 2.75) is 6.42 Å². The van der Waals surface area contributed by atoms with E-state index in [4.69, 9.17) is 11.5 Å². The second-order valence-corrected chi connectivity index (χ2v) is 3.66. The summed E-state index contributed by atoms with van der Waals surface area (Å²) >= 11 is 0. The van der Waals surface area contributed by atoms with Gasteiger partial charge in [0.1, 0.15) is 0 Å². The maximum Gasteiger partial charge on any atom is 0.221 e. The minimum absolute atomic E-state index is 0.0234. The van der Waals surface area contributed by atoms with Gasteiger partial charge in [-0.05, 0) is 18.2 Å². The van der Waals surface area contributed by atoms with E-state index in [1.807, 2.05) is 18.0 Å². The molecule has 0 bridgehead atoms. The lowest BCUT2D eigenvalue weighted by Gasteiger charge is -2.19. The molecule has 1 rings (SSSR count). The van der Waals surface area contributed by atoms with E-state index < -0.39 is 0 Å². The zero-order valence-electron chi connectivity index (χ0n) is 9.66. The van der Waals surface area contributed by atoms with Gasteiger partial charge in [0.15, 0.2) is 0 Å². The van der Waals surface area contributed by atoms with Crippen LogP contribution in [0, 0.1) is 0 Å². The Bertz CT molecular complexity index is 378. The number of nitrogens with two attached hydrogens (primary N) is 2. The highest BCUT2D eigenvalue weighted by Crippen LogP contribution is 2.22. The fourth-order valence-electron chi connectivity index (χ4n) is 1.32. The van der Waals surface area contributed by atoms with Crippen molar-refractivity contribution in [1.82, 2.24) is 5.32 Å². The normalized spacial score (nSPS) is 9.88. The molecule has 0 unspecified atom stereocenters. The second-order valence-electron chi connectivity index (χ2n) is 3.66. The van der Waals surface area contributed by atoms with Crippen molar-refractivity contribution in [2.75, 3.05) is 37.0 Å². The van der Waals surface area contributed by atoms with E-state index in [-0.39, 0.29) is 5.91 Å². The summed E-state index contributed by atoms with van der Waals surface area (Å²) in [5.74, 6) is 0.0234. The maximum absolute atomic E-state index is 11.1. The number of anilines is 3. The third-order valence-corrected chi connectivity index (χ3v) is 2.46. The van der Waals surface area contributed by atoms with E-state index in [0.29, 0.717) is 24.3 Å². The number of nitrogens with one attached hydrogen (secondary N) is 1. The number of carbonyl (C=O) groups excluding carboxylic acids is 1. The monoisotopic (exact) mass is 222 g/mol. The predicted molar refractivity (Wildman–Crippen MR) is 67.2 cm³/mol. The minimum Gasteiger partial charge on any atom is -0.397 e. The zero-order chi connectivity index (χ0) is 12.1. The number of carbonyl (C=O) groups is 1. The van der Waals surface area contributed by atoms with Crippen molar-refractivity contribution in [2.24, 2.45) is 0 Å². The van der Waals surface area contributed by atoms with Crippen LogP contribution >= 0.6 is 0 Å². The van der Waals surface area contributed by atoms with E-state index >= 15 is 0 Å². The summed E-state index contributed by atoms with van der Waals surface area (Å²) < 4.78 is 0. The van der Waals surface area contributed by atoms with Crippen LogP contribution in [0.1, 0.15) is 6.42 Å². The van der Waals surface area contributed by atoms with Gasteiger partial charge >= 0.3 is 0 Å². The number of rotatable bonds is 4. The van der Waals surface area contributed by atoms with Crippen LogP contribution in [0.3, 0.4) is 0 Å². The Balaban J connectivity index is 2.62. The van der Waals surface area contributed by atoms with E-state index in [1.54, 1.807) is 19.2 Å². The SMILES string of the molecule is CNC(=O)CCN(C)c1ccc(N)c(N)c1. The fourth-order valence-corrected chi connectivity index (χ4v) is 1.32. The first-order valence-corrected chi connectivity index (χ1v) is 5.11. The molecule has 5 N–H and O–H groups in total.